The first kappa shape index (κ1) is 23.3. The van der Waals surface area contributed by atoms with Crippen LogP contribution in [0.3, 0.4) is 0 Å². The van der Waals surface area contributed by atoms with Crippen LogP contribution in [0.5, 0.6) is 0 Å². The Balaban J connectivity index is 1.38. The number of hydrogen-bond acceptors (Lipinski definition) is 7. The zero-order valence-electron chi connectivity index (χ0n) is 18.3. The summed E-state index contributed by atoms with van der Waals surface area (Å²) in [6.07, 6.45) is 8.13. The molecule has 3 aliphatic rings. The third-order valence-electron chi connectivity index (χ3n) is 6.82. The van der Waals surface area contributed by atoms with Crippen molar-refractivity contribution >= 4 is 40.5 Å². The van der Waals surface area contributed by atoms with Crippen LogP contribution in [0, 0.1) is 11.7 Å². The van der Waals surface area contributed by atoms with E-state index in [0.717, 1.165) is 49.6 Å². The van der Waals surface area contributed by atoms with E-state index in [0.29, 0.717) is 10.4 Å². The number of alkyl halides is 1. The van der Waals surface area contributed by atoms with Crippen molar-refractivity contribution in [2.75, 3.05) is 13.2 Å². The van der Waals surface area contributed by atoms with E-state index in [2.05, 4.69) is 15.3 Å². The lowest BCUT2D eigenvalue weighted by Crippen LogP contribution is -2.55. The first-order valence-electron chi connectivity index (χ1n) is 11.4. The summed E-state index contributed by atoms with van der Waals surface area (Å²) in [4.78, 5) is 49.1. The number of nitrogens with zero attached hydrogens (tertiary/aromatic N) is 3. The monoisotopic (exact) mass is 506 g/mol. The van der Waals surface area contributed by atoms with Crippen molar-refractivity contribution in [1.29, 1.82) is 0 Å². The summed E-state index contributed by atoms with van der Waals surface area (Å²) in [5.41, 5.74) is 0.308. The van der Waals surface area contributed by atoms with Gasteiger partial charge in [-0.1, -0.05) is 19.3 Å². The molecule has 5 rings (SSSR count). The molecule has 2 aromatic heterocycles. The second kappa shape index (κ2) is 9.67. The average Bonchev–Trinajstić information content (AvgIpc) is 3.56. The van der Waals surface area contributed by atoms with Crippen molar-refractivity contribution < 1.29 is 23.5 Å². The molecule has 2 aromatic rings. The van der Waals surface area contributed by atoms with E-state index in [9.17, 15) is 18.8 Å². The van der Waals surface area contributed by atoms with E-state index in [4.69, 9.17) is 16.3 Å². The van der Waals surface area contributed by atoms with Crippen molar-refractivity contribution in [3.05, 3.63) is 35.5 Å². The fourth-order valence-electron chi connectivity index (χ4n) is 5.13. The molecule has 1 unspecified atom stereocenters. The number of likely N-dealkylation sites (tertiary alicyclic amines) is 1. The molecule has 8 nitrogen and oxygen atoms in total. The number of nitrogens with one attached hydrogen (secondary N) is 1. The van der Waals surface area contributed by atoms with E-state index in [1.54, 1.807) is 0 Å². The molecule has 0 bridgehead atoms. The molecule has 34 heavy (non-hydrogen) atoms. The Hall–Kier alpha value is -2.43. The number of fused-ring (bicyclic) bond motifs is 1. The summed E-state index contributed by atoms with van der Waals surface area (Å²) in [6.45, 7) is 0.138. The third kappa shape index (κ3) is 4.34. The number of carbonyl (C=O) groups excluding carboxylic acids is 3. The van der Waals surface area contributed by atoms with E-state index in [1.807, 2.05) is 0 Å². The Morgan fingerprint density at radius 1 is 1.26 bits per heavy atom. The summed E-state index contributed by atoms with van der Waals surface area (Å²) >= 11 is 7.43. The van der Waals surface area contributed by atoms with Crippen molar-refractivity contribution in [1.82, 2.24) is 20.2 Å². The van der Waals surface area contributed by atoms with Crippen LogP contribution in [0.25, 0.3) is 10.4 Å². The van der Waals surface area contributed by atoms with Crippen molar-refractivity contribution in [3.8, 4) is 10.4 Å². The fraction of sp³-hybridized carbons (Fsp3) is 0.522. The lowest BCUT2D eigenvalue weighted by molar-refractivity contribution is -0.139. The first-order chi connectivity index (χ1) is 16.4. The number of ketones is 1. The average molecular weight is 507 g/mol. The van der Waals surface area contributed by atoms with Crippen LogP contribution in [0.2, 0.25) is 0 Å². The number of ether oxygens (including phenoxy) is 1. The number of pyridine rings is 1. The van der Waals surface area contributed by atoms with Crippen LogP contribution in [-0.4, -0.2) is 69.2 Å². The lowest BCUT2D eigenvalue weighted by Gasteiger charge is -2.34. The number of Topliss-reactive ketones (excluding diaryl/α,β-unsaturated/α-hetero) is 1. The zero-order chi connectivity index (χ0) is 23.8. The number of rotatable bonds is 5. The number of halogens is 2. The molecule has 0 radical (unpaired) electrons. The highest BCUT2D eigenvalue weighted by atomic mass is 35.5. The van der Waals surface area contributed by atoms with Crippen molar-refractivity contribution in [2.24, 2.45) is 5.92 Å². The molecule has 2 saturated heterocycles. The second-order valence-electron chi connectivity index (χ2n) is 8.93. The van der Waals surface area contributed by atoms with Crippen LogP contribution in [0.15, 0.2) is 24.7 Å². The Labute approximate surface area is 204 Å². The van der Waals surface area contributed by atoms with Gasteiger partial charge in [-0.05, 0) is 24.8 Å². The van der Waals surface area contributed by atoms with E-state index < -0.39 is 35.3 Å². The molecule has 2 amide bonds. The van der Waals surface area contributed by atoms with E-state index in [1.165, 1.54) is 23.4 Å². The Kier molecular flexibility index (Phi) is 6.63. The molecule has 0 spiro atoms. The predicted molar refractivity (Wildman–Crippen MR) is 123 cm³/mol. The van der Waals surface area contributed by atoms with Crippen molar-refractivity contribution in [2.45, 2.75) is 55.7 Å². The number of amides is 2. The quantitative estimate of drug-likeness (QED) is 0.626. The number of thiazole rings is 1. The Bertz CT molecular complexity index is 1110. The smallest absolute Gasteiger partial charge is 0.280 e. The minimum Gasteiger partial charge on any atom is -0.366 e. The molecule has 0 aromatic carbocycles. The molecule has 4 heterocycles. The van der Waals surface area contributed by atoms with Gasteiger partial charge in [0.15, 0.2) is 10.8 Å². The van der Waals surface area contributed by atoms with Crippen LogP contribution in [-0.2, 0) is 14.3 Å². The number of aromatic nitrogens is 2. The molecule has 3 fully saturated rings. The van der Waals surface area contributed by atoms with Gasteiger partial charge in [0.1, 0.15) is 30.6 Å². The molecule has 11 heteroatoms. The summed E-state index contributed by atoms with van der Waals surface area (Å²) in [7, 11) is 0. The van der Waals surface area contributed by atoms with Gasteiger partial charge in [-0.25, -0.2) is 9.37 Å². The minimum absolute atomic E-state index is 0.0486. The lowest BCUT2D eigenvalue weighted by atomic mass is 9.83. The highest BCUT2D eigenvalue weighted by Crippen LogP contribution is 2.34. The third-order valence-corrected chi connectivity index (χ3v) is 8.23. The molecule has 180 valence electrons. The van der Waals surface area contributed by atoms with Gasteiger partial charge in [-0.2, -0.15) is 0 Å². The Morgan fingerprint density at radius 3 is 2.82 bits per heavy atom. The van der Waals surface area contributed by atoms with Crippen LogP contribution in [0.4, 0.5) is 4.39 Å². The molecule has 2 aliphatic heterocycles. The second-order valence-corrected chi connectivity index (χ2v) is 10.5. The molecular weight excluding hydrogens is 483 g/mol. The van der Waals surface area contributed by atoms with Crippen LogP contribution >= 0.6 is 22.9 Å². The zero-order valence-corrected chi connectivity index (χ0v) is 19.9. The highest BCUT2D eigenvalue weighted by molar-refractivity contribution is 7.17. The minimum atomic E-state index is -0.797. The SMILES string of the molecule is O=C(NC(C(=O)N1C[C@H](Cl)[C@H]2OCC(=O)[C@H]21)C1CCCCC1)c1ncc(-c2ccncc2F)s1. The normalized spacial score (nSPS) is 25.9. The maximum Gasteiger partial charge on any atom is 0.280 e. The molecular formula is C23H24ClFN4O4S. The number of hydrogen-bond donors (Lipinski definition) is 1. The van der Waals surface area contributed by atoms with Gasteiger partial charge in [0.05, 0.1) is 16.5 Å². The van der Waals surface area contributed by atoms with Crippen molar-refractivity contribution in [3.63, 3.8) is 0 Å². The highest BCUT2D eigenvalue weighted by Gasteiger charge is 2.53. The van der Waals surface area contributed by atoms with Crippen LogP contribution < -0.4 is 5.32 Å². The van der Waals surface area contributed by atoms with E-state index in [-0.39, 0.29) is 35.8 Å². The predicted octanol–water partition coefficient (Wildman–Crippen LogP) is 2.81. The maximum atomic E-state index is 14.1. The first-order valence-corrected chi connectivity index (χ1v) is 12.6. The van der Waals surface area contributed by atoms with Gasteiger partial charge in [-0.15, -0.1) is 22.9 Å². The number of carbonyl (C=O) groups is 3. The van der Waals surface area contributed by atoms with Gasteiger partial charge in [0.2, 0.25) is 5.91 Å². The van der Waals surface area contributed by atoms with Gasteiger partial charge in [0.25, 0.3) is 5.91 Å². The summed E-state index contributed by atoms with van der Waals surface area (Å²) in [6, 6.07) is 0.0133. The van der Waals surface area contributed by atoms with Gasteiger partial charge in [-0.3, -0.25) is 19.4 Å². The summed E-state index contributed by atoms with van der Waals surface area (Å²) in [5.74, 6) is -1.53. The molecule has 1 N–H and O–H groups in total. The maximum absolute atomic E-state index is 14.1. The standard InChI is InChI=1S/C23H24ClFN4O4S/c24-14-10-29(19-16(30)11-33-20(14)19)23(32)18(12-4-2-1-3-5-12)28-21(31)22-27-9-17(34-22)13-6-7-26-8-15(13)25/h6-9,12,14,18-20H,1-5,10-11H2,(H,28,31)/t14-,18?,19+,20+/m0/s1. The van der Waals surface area contributed by atoms with Gasteiger partial charge < -0.3 is 15.0 Å². The summed E-state index contributed by atoms with van der Waals surface area (Å²) < 4.78 is 19.6. The molecule has 1 aliphatic carbocycles. The van der Waals surface area contributed by atoms with Gasteiger partial charge in [0, 0.05) is 24.5 Å². The fourth-order valence-corrected chi connectivity index (χ4v) is 6.34. The van der Waals surface area contributed by atoms with Crippen LogP contribution in [0.1, 0.15) is 41.9 Å². The summed E-state index contributed by atoms with van der Waals surface area (Å²) in [5, 5.41) is 2.55. The molecule has 1 saturated carbocycles. The van der Waals surface area contributed by atoms with Gasteiger partial charge >= 0.3 is 0 Å². The topological polar surface area (TPSA) is 101 Å². The molecule has 4 atom stereocenters. The van der Waals surface area contributed by atoms with E-state index >= 15 is 0 Å². The largest absolute Gasteiger partial charge is 0.366 e. The Morgan fingerprint density at radius 2 is 2.06 bits per heavy atom.